The third-order valence-electron chi connectivity index (χ3n) is 3.14. The largest absolute Gasteiger partial charge is 0.399 e. The third-order valence-corrected chi connectivity index (χ3v) is 3.14. The standard InChI is InChI=1S/C15H22N2O2/c1-14(2)9-17(10-15(3,4)19-14)13(18)11-5-7-12(16)8-6-11/h5-8H,9-10,16H2,1-4H3. The molecule has 0 radical (unpaired) electrons. The predicted molar refractivity (Wildman–Crippen MR) is 76.0 cm³/mol. The van der Waals surface area contributed by atoms with Crippen molar-refractivity contribution in [1.82, 2.24) is 4.90 Å². The van der Waals surface area contributed by atoms with E-state index in [9.17, 15) is 4.79 Å². The van der Waals surface area contributed by atoms with Crippen molar-refractivity contribution in [3.63, 3.8) is 0 Å². The van der Waals surface area contributed by atoms with E-state index in [1.54, 1.807) is 24.3 Å². The van der Waals surface area contributed by atoms with E-state index < -0.39 is 0 Å². The molecular formula is C15H22N2O2. The van der Waals surface area contributed by atoms with Gasteiger partial charge in [-0.1, -0.05) is 0 Å². The molecular weight excluding hydrogens is 240 g/mol. The zero-order valence-corrected chi connectivity index (χ0v) is 12.1. The van der Waals surface area contributed by atoms with Gasteiger partial charge in [0.25, 0.3) is 5.91 Å². The van der Waals surface area contributed by atoms with Crippen LogP contribution in [0.2, 0.25) is 0 Å². The van der Waals surface area contributed by atoms with Gasteiger partial charge in [-0.05, 0) is 52.0 Å². The molecule has 2 N–H and O–H groups in total. The Balaban J connectivity index is 2.21. The fourth-order valence-electron chi connectivity index (χ4n) is 2.74. The topological polar surface area (TPSA) is 55.6 Å². The summed E-state index contributed by atoms with van der Waals surface area (Å²) in [5.41, 5.74) is 6.33. The molecule has 1 aromatic carbocycles. The van der Waals surface area contributed by atoms with Gasteiger partial charge in [0.2, 0.25) is 0 Å². The Kier molecular flexibility index (Phi) is 3.31. The van der Waals surface area contributed by atoms with E-state index in [1.807, 2.05) is 32.6 Å². The molecule has 0 atom stereocenters. The summed E-state index contributed by atoms with van der Waals surface area (Å²) in [6.45, 7) is 9.24. The molecule has 1 heterocycles. The SMILES string of the molecule is CC1(C)CN(C(=O)c2ccc(N)cc2)CC(C)(C)O1. The minimum Gasteiger partial charge on any atom is -0.399 e. The molecule has 1 saturated heterocycles. The van der Waals surface area contributed by atoms with E-state index in [2.05, 4.69) is 0 Å². The Bertz CT molecular complexity index is 461. The smallest absolute Gasteiger partial charge is 0.254 e. The molecule has 1 aliphatic rings. The van der Waals surface area contributed by atoms with Gasteiger partial charge in [-0.3, -0.25) is 4.79 Å². The van der Waals surface area contributed by atoms with E-state index in [0.717, 1.165) is 0 Å². The number of nitrogen functional groups attached to an aromatic ring is 1. The van der Waals surface area contributed by atoms with Crippen LogP contribution in [0.3, 0.4) is 0 Å². The molecule has 1 aliphatic heterocycles. The predicted octanol–water partition coefficient (Wildman–Crippen LogP) is 2.30. The normalized spacial score (nSPS) is 21.2. The summed E-state index contributed by atoms with van der Waals surface area (Å²) >= 11 is 0. The van der Waals surface area contributed by atoms with Crippen molar-refractivity contribution in [1.29, 1.82) is 0 Å². The third kappa shape index (κ3) is 3.26. The average molecular weight is 262 g/mol. The lowest BCUT2D eigenvalue weighted by molar-refractivity contribution is -0.171. The molecule has 2 rings (SSSR count). The molecule has 4 nitrogen and oxygen atoms in total. The Hall–Kier alpha value is -1.55. The number of benzene rings is 1. The van der Waals surface area contributed by atoms with Gasteiger partial charge in [-0.2, -0.15) is 0 Å². The number of rotatable bonds is 1. The van der Waals surface area contributed by atoms with E-state index in [4.69, 9.17) is 10.5 Å². The second kappa shape index (κ2) is 4.53. The molecule has 1 aromatic rings. The number of hydrogen-bond acceptors (Lipinski definition) is 3. The van der Waals surface area contributed by atoms with E-state index in [0.29, 0.717) is 24.3 Å². The highest BCUT2D eigenvalue weighted by atomic mass is 16.5. The van der Waals surface area contributed by atoms with Crippen LogP contribution in [0.4, 0.5) is 5.69 Å². The van der Waals surface area contributed by atoms with E-state index >= 15 is 0 Å². The van der Waals surface area contributed by atoms with Gasteiger partial charge in [0, 0.05) is 24.3 Å². The summed E-state index contributed by atoms with van der Waals surface area (Å²) in [5, 5.41) is 0. The van der Waals surface area contributed by atoms with Crippen LogP contribution in [-0.4, -0.2) is 35.1 Å². The number of carbonyl (C=O) groups is 1. The van der Waals surface area contributed by atoms with Crippen LogP contribution >= 0.6 is 0 Å². The highest BCUT2D eigenvalue weighted by Crippen LogP contribution is 2.29. The van der Waals surface area contributed by atoms with Gasteiger partial charge < -0.3 is 15.4 Å². The fourth-order valence-corrected chi connectivity index (χ4v) is 2.74. The molecule has 1 amide bonds. The summed E-state index contributed by atoms with van der Waals surface area (Å²) in [6.07, 6.45) is 0. The van der Waals surface area contributed by atoms with Crippen molar-refractivity contribution in [2.75, 3.05) is 18.8 Å². The second-order valence-electron chi connectivity index (χ2n) is 6.40. The first kappa shape index (κ1) is 13.9. The molecule has 0 aromatic heterocycles. The van der Waals surface area contributed by atoms with Crippen LogP contribution in [0.15, 0.2) is 24.3 Å². The summed E-state index contributed by atoms with van der Waals surface area (Å²) < 4.78 is 5.98. The Morgan fingerprint density at radius 2 is 1.58 bits per heavy atom. The lowest BCUT2D eigenvalue weighted by atomic mass is 9.98. The average Bonchev–Trinajstić information content (AvgIpc) is 2.25. The first-order valence-electron chi connectivity index (χ1n) is 6.54. The lowest BCUT2D eigenvalue weighted by Crippen LogP contribution is -2.58. The van der Waals surface area contributed by atoms with Crippen molar-refractivity contribution in [3.8, 4) is 0 Å². The van der Waals surface area contributed by atoms with Crippen molar-refractivity contribution in [2.24, 2.45) is 0 Å². The van der Waals surface area contributed by atoms with Crippen LogP contribution in [-0.2, 0) is 4.74 Å². The Labute approximate surface area is 114 Å². The molecule has 104 valence electrons. The van der Waals surface area contributed by atoms with Crippen LogP contribution < -0.4 is 5.73 Å². The Morgan fingerprint density at radius 3 is 2.05 bits per heavy atom. The fraction of sp³-hybridized carbons (Fsp3) is 0.533. The number of ether oxygens (including phenoxy) is 1. The molecule has 0 aliphatic carbocycles. The van der Waals surface area contributed by atoms with Gasteiger partial charge in [0.05, 0.1) is 11.2 Å². The molecule has 0 bridgehead atoms. The van der Waals surface area contributed by atoms with Gasteiger partial charge >= 0.3 is 0 Å². The monoisotopic (exact) mass is 262 g/mol. The van der Waals surface area contributed by atoms with Crippen molar-refractivity contribution in [3.05, 3.63) is 29.8 Å². The Morgan fingerprint density at radius 1 is 1.11 bits per heavy atom. The molecule has 0 unspecified atom stereocenters. The number of hydrogen-bond donors (Lipinski definition) is 1. The highest BCUT2D eigenvalue weighted by molar-refractivity contribution is 5.94. The summed E-state index contributed by atoms with van der Waals surface area (Å²) in [5.74, 6) is 0.0319. The summed E-state index contributed by atoms with van der Waals surface area (Å²) in [7, 11) is 0. The first-order valence-corrected chi connectivity index (χ1v) is 6.54. The highest BCUT2D eigenvalue weighted by Gasteiger charge is 2.40. The quantitative estimate of drug-likeness (QED) is 0.790. The van der Waals surface area contributed by atoms with Gasteiger partial charge in [0.15, 0.2) is 0 Å². The number of carbonyl (C=O) groups excluding carboxylic acids is 1. The van der Waals surface area contributed by atoms with Gasteiger partial charge in [-0.15, -0.1) is 0 Å². The second-order valence-corrected chi connectivity index (χ2v) is 6.40. The van der Waals surface area contributed by atoms with E-state index in [1.165, 1.54) is 0 Å². The zero-order valence-electron chi connectivity index (χ0n) is 12.1. The maximum absolute atomic E-state index is 12.5. The maximum Gasteiger partial charge on any atom is 0.254 e. The zero-order chi connectivity index (χ0) is 14.3. The van der Waals surface area contributed by atoms with Crippen LogP contribution in [0.1, 0.15) is 38.1 Å². The molecule has 4 heteroatoms. The first-order chi connectivity index (χ1) is 8.69. The number of amides is 1. The van der Waals surface area contributed by atoms with Crippen molar-refractivity contribution in [2.45, 2.75) is 38.9 Å². The van der Waals surface area contributed by atoms with Crippen LogP contribution in [0.25, 0.3) is 0 Å². The maximum atomic E-state index is 12.5. The van der Waals surface area contributed by atoms with Crippen molar-refractivity contribution < 1.29 is 9.53 Å². The van der Waals surface area contributed by atoms with Crippen LogP contribution in [0.5, 0.6) is 0 Å². The minimum absolute atomic E-state index is 0.0319. The number of nitrogens with zero attached hydrogens (tertiary/aromatic N) is 1. The van der Waals surface area contributed by atoms with Crippen molar-refractivity contribution >= 4 is 11.6 Å². The van der Waals surface area contributed by atoms with Gasteiger partial charge in [0.1, 0.15) is 0 Å². The van der Waals surface area contributed by atoms with Crippen LogP contribution in [0, 0.1) is 0 Å². The summed E-state index contributed by atoms with van der Waals surface area (Å²) in [6, 6.07) is 7.05. The lowest BCUT2D eigenvalue weighted by Gasteiger charge is -2.47. The van der Waals surface area contributed by atoms with E-state index in [-0.39, 0.29) is 17.1 Å². The molecule has 0 saturated carbocycles. The van der Waals surface area contributed by atoms with Gasteiger partial charge in [-0.25, -0.2) is 0 Å². The molecule has 1 fully saturated rings. The summed E-state index contributed by atoms with van der Waals surface area (Å²) in [4.78, 5) is 14.4. The number of nitrogens with two attached hydrogens (primary N) is 1. The number of morpholine rings is 1. The number of anilines is 1. The minimum atomic E-state index is -0.328. The molecule has 0 spiro atoms. The molecule has 19 heavy (non-hydrogen) atoms.